The standard InChI is InChI=1S/C14H16INO4/c1-20-14(19)11-4-2-3-7-16(11)13(18)9-5-6-10(15)12(17)8-9/h5-6,8,11,17H,2-4,7H2,1H3. The van der Waals surface area contributed by atoms with Crippen molar-refractivity contribution < 1.29 is 19.4 Å². The fourth-order valence-electron chi connectivity index (χ4n) is 2.37. The van der Waals surface area contributed by atoms with Crippen LogP contribution in [0.1, 0.15) is 29.6 Å². The minimum atomic E-state index is -0.525. The molecule has 20 heavy (non-hydrogen) atoms. The summed E-state index contributed by atoms with van der Waals surface area (Å²) in [7, 11) is 1.33. The van der Waals surface area contributed by atoms with Gasteiger partial charge in [-0.05, 0) is 60.1 Å². The zero-order chi connectivity index (χ0) is 14.7. The van der Waals surface area contributed by atoms with E-state index in [1.54, 1.807) is 12.1 Å². The maximum Gasteiger partial charge on any atom is 0.328 e. The number of amides is 1. The molecule has 1 aromatic carbocycles. The van der Waals surface area contributed by atoms with E-state index in [1.165, 1.54) is 18.1 Å². The monoisotopic (exact) mass is 389 g/mol. The maximum absolute atomic E-state index is 12.5. The lowest BCUT2D eigenvalue weighted by molar-refractivity contribution is -0.147. The molecule has 0 saturated carbocycles. The maximum atomic E-state index is 12.5. The van der Waals surface area contributed by atoms with Crippen LogP contribution in [0.4, 0.5) is 0 Å². The Morgan fingerprint density at radius 3 is 2.80 bits per heavy atom. The number of phenolic OH excluding ortho intramolecular Hbond substituents is 1. The van der Waals surface area contributed by atoms with Crippen LogP contribution in [-0.4, -0.2) is 41.6 Å². The van der Waals surface area contributed by atoms with Crippen molar-refractivity contribution in [3.05, 3.63) is 27.3 Å². The van der Waals surface area contributed by atoms with Gasteiger partial charge in [0.1, 0.15) is 11.8 Å². The lowest BCUT2D eigenvalue weighted by atomic mass is 10.0. The van der Waals surface area contributed by atoms with Crippen LogP contribution in [0.3, 0.4) is 0 Å². The Morgan fingerprint density at radius 2 is 2.15 bits per heavy atom. The van der Waals surface area contributed by atoms with Gasteiger partial charge in [0.05, 0.1) is 10.7 Å². The first-order chi connectivity index (χ1) is 9.54. The van der Waals surface area contributed by atoms with E-state index in [1.807, 2.05) is 22.6 Å². The fourth-order valence-corrected chi connectivity index (χ4v) is 2.70. The van der Waals surface area contributed by atoms with Crippen LogP contribution in [-0.2, 0) is 9.53 Å². The van der Waals surface area contributed by atoms with Crippen molar-refractivity contribution in [1.82, 2.24) is 4.90 Å². The number of rotatable bonds is 2. The quantitative estimate of drug-likeness (QED) is 0.622. The van der Waals surface area contributed by atoms with Gasteiger partial charge >= 0.3 is 5.97 Å². The van der Waals surface area contributed by atoms with Crippen molar-refractivity contribution in [2.45, 2.75) is 25.3 Å². The zero-order valence-electron chi connectivity index (χ0n) is 11.1. The van der Waals surface area contributed by atoms with Crippen molar-refractivity contribution >= 4 is 34.5 Å². The smallest absolute Gasteiger partial charge is 0.328 e. The van der Waals surface area contributed by atoms with Gasteiger partial charge in [-0.25, -0.2) is 4.79 Å². The van der Waals surface area contributed by atoms with Crippen molar-refractivity contribution in [3.8, 4) is 5.75 Å². The number of likely N-dealkylation sites (tertiary alicyclic amines) is 1. The van der Waals surface area contributed by atoms with E-state index in [0.717, 1.165) is 12.8 Å². The van der Waals surface area contributed by atoms with Crippen LogP contribution in [0, 0.1) is 3.57 Å². The number of methoxy groups -OCH3 is 1. The van der Waals surface area contributed by atoms with E-state index in [9.17, 15) is 14.7 Å². The molecule has 108 valence electrons. The summed E-state index contributed by atoms with van der Waals surface area (Å²) in [5, 5.41) is 9.70. The third-order valence-electron chi connectivity index (χ3n) is 3.43. The summed E-state index contributed by atoms with van der Waals surface area (Å²) in [6.45, 7) is 0.533. The molecular formula is C14H16INO4. The molecule has 0 bridgehead atoms. The highest BCUT2D eigenvalue weighted by atomic mass is 127. The Morgan fingerprint density at radius 1 is 1.40 bits per heavy atom. The van der Waals surface area contributed by atoms with Gasteiger partial charge in [-0.3, -0.25) is 4.79 Å². The highest BCUT2D eigenvalue weighted by Crippen LogP contribution is 2.24. The highest BCUT2D eigenvalue weighted by Gasteiger charge is 2.33. The fraction of sp³-hybridized carbons (Fsp3) is 0.429. The van der Waals surface area contributed by atoms with Crippen molar-refractivity contribution in [2.75, 3.05) is 13.7 Å². The van der Waals surface area contributed by atoms with E-state index in [4.69, 9.17) is 4.74 Å². The number of carbonyl (C=O) groups excluding carboxylic acids is 2. The molecule has 1 saturated heterocycles. The summed E-state index contributed by atoms with van der Waals surface area (Å²) in [6, 6.07) is 4.25. The molecule has 0 radical (unpaired) electrons. The summed E-state index contributed by atoms with van der Waals surface area (Å²) in [5.41, 5.74) is 0.388. The number of halogens is 1. The zero-order valence-corrected chi connectivity index (χ0v) is 13.3. The molecule has 1 heterocycles. The molecule has 1 aromatic rings. The summed E-state index contributed by atoms with van der Waals surface area (Å²) < 4.78 is 5.45. The molecule has 1 atom stereocenters. The van der Waals surface area contributed by atoms with Crippen molar-refractivity contribution in [1.29, 1.82) is 0 Å². The number of piperidine rings is 1. The molecule has 0 aromatic heterocycles. The molecule has 2 rings (SSSR count). The van der Waals surface area contributed by atoms with Gasteiger partial charge in [0, 0.05) is 12.1 Å². The van der Waals surface area contributed by atoms with E-state index in [2.05, 4.69) is 0 Å². The molecular weight excluding hydrogens is 373 g/mol. The van der Waals surface area contributed by atoms with Crippen LogP contribution < -0.4 is 0 Å². The Labute approximate surface area is 131 Å². The molecule has 1 aliphatic heterocycles. The number of phenols is 1. The second-order valence-electron chi connectivity index (χ2n) is 4.70. The minimum absolute atomic E-state index is 0.0723. The average Bonchev–Trinajstić information content (AvgIpc) is 2.48. The van der Waals surface area contributed by atoms with Gasteiger partial charge in [0.2, 0.25) is 0 Å². The van der Waals surface area contributed by atoms with Gasteiger partial charge in [-0.1, -0.05) is 0 Å². The van der Waals surface area contributed by atoms with Crippen LogP contribution in [0.15, 0.2) is 18.2 Å². The van der Waals surface area contributed by atoms with Gasteiger partial charge in [0.15, 0.2) is 0 Å². The Balaban J connectivity index is 2.25. The number of hydrogen-bond acceptors (Lipinski definition) is 4. The van der Waals surface area contributed by atoms with Crippen molar-refractivity contribution in [3.63, 3.8) is 0 Å². The molecule has 6 heteroatoms. The topological polar surface area (TPSA) is 66.8 Å². The van der Waals surface area contributed by atoms with E-state index in [-0.39, 0.29) is 17.6 Å². The van der Waals surface area contributed by atoms with E-state index < -0.39 is 6.04 Å². The Bertz CT molecular complexity index is 532. The van der Waals surface area contributed by atoms with Crippen molar-refractivity contribution in [2.24, 2.45) is 0 Å². The van der Waals surface area contributed by atoms with Crippen LogP contribution >= 0.6 is 22.6 Å². The number of aromatic hydroxyl groups is 1. The van der Waals surface area contributed by atoms with Crippen LogP contribution in [0.2, 0.25) is 0 Å². The van der Waals surface area contributed by atoms with Gasteiger partial charge in [-0.15, -0.1) is 0 Å². The predicted octanol–water partition coefficient (Wildman–Crippen LogP) is 2.16. The molecule has 5 nitrogen and oxygen atoms in total. The summed E-state index contributed by atoms with van der Waals surface area (Å²) in [5.74, 6) is -0.553. The first kappa shape index (κ1) is 15.1. The Kier molecular flexibility index (Phi) is 4.85. The van der Waals surface area contributed by atoms with E-state index in [0.29, 0.717) is 22.1 Å². The minimum Gasteiger partial charge on any atom is -0.507 e. The number of esters is 1. The average molecular weight is 389 g/mol. The number of hydrogen-bond donors (Lipinski definition) is 1. The van der Waals surface area contributed by atoms with Gasteiger partial charge in [0.25, 0.3) is 5.91 Å². The second-order valence-corrected chi connectivity index (χ2v) is 5.86. The predicted molar refractivity (Wildman–Crippen MR) is 81.5 cm³/mol. The number of benzene rings is 1. The number of ether oxygens (including phenoxy) is 1. The molecule has 1 N–H and O–H groups in total. The molecule has 0 aliphatic carbocycles. The summed E-state index contributed by atoms with van der Waals surface area (Å²) in [6.07, 6.45) is 2.39. The summed E-state index contributed by atoms with van der Waals surface area (Å²) in [4.78, 5) is 25.8. The Hall–Kier alpha value is -1.31. The third-order valence-corrected chi connectivity index (χ3v) is 4.34. The summed E-state index contributed by atoms with van der Waals surface area (Å²) >= 11 is 1.99. The van der Waals surface area contributed by atoms with E-state index >= 15 is 0 Å². The van der Waals surface area contributed by atoms with Crippen LogP contribution in [0.25, 0.3) is 0 Å². The molecule has 1 unspecified atom stereocenters. The molecule has 1 fully saturated rings. The second kappa shape index (κ2) is 6.43. The lowest BCUT2D eigenvalue weighted by Crippen LogP contribution is -2.48. The molecule has 1 amide bonds. The third kappa shape index (κ3) is 3.05. The number of carbonyl (C=O) groups is 2. The van der Waals surface area contributed by atoms with Gasteiger partial charge < -0.3 is 14.7 Å². The molecule has 1 aliphatic rings. The molecule has 0 spiro atoms. The highest BCUT2D eigenvalue weighted by molar-refractivity contribution is 14.1. The first-order valence-electron chi connectivity index (χ1n) is 6.42. The largest absolute Gasteiger partial charge is 0.507 e. The van der Waals surface area contributed by atoms with Gasteiger partial charge in [-0.2, -0.15) is 0 Å². The first-order valence-corrected chi connectivity index (χ1v) is 7.49. The SMILES string of the molecule is COC(=O)C1CCCCN1C(=O)c1ccc(I)c(O)c1. The number of nitrogens with zero attached hydrogens (tertiary/aromatic N) is 1. The lowest BCUT2D eigenvalue weighted by Gasteiger charge is -2.33. The normalized spacial score (nSPS) is 18.7. The van der Waals surface area contributed by atoms with Crippen LogP contribution in [0.5, 0.6) is 5.75 Å².